The summed E-state index contributed by atoms with van der Waals surface area (Å²) in [7, 11) is 0. The van der Waals surface area contributed by atoms with Crippen molar-refractivity contribution in [2.45, 2.75) is 65.1 Å². The molecule has 0 bridgehead atoms. The van der Waals surface area contributed by atoms with Crippen molar-refractivity contribution < 1.29 is 13.9 Å². The highest BCUT2D eigenvalue weighted by Gasteiger charge is 2.17. The number of amides is 1. The summed E-state index contributed by atoms with van der Waals surface area (Å²) in [6.45, 7) is 8.58. The number of unbranched alkanes of at least 4 members (excludes halogenated alkanes) is 1. The van der Waals surface area contributed by atoms with E-state index in [0.29, 0.717) is 13.1 Å². The zero-order valence-corrected chi connectivity index (χ0v) is 15.7. The first-order valence-electron chi connectivity index (χ1n) is 8.35. The molecule has 0 fully saturated rings. The molecule has 1 aromatic rings. The van der Waals surface area contributed by atoms with Crippen LogP contribution in [0.25, 0.3) is 0 Å². The highest BCUT2D eigenvalue weighted by atomic mass is 35.5. The van der Waals surface area contributed by atoms with E-state index in [-0.39, 0.29) is 11.1 Å². The van der Waals surface area contributed by atoms with Crippen LogP contribution in [0, 0.1) is 5.82 Å². The van der Waals surface area contributed by atoms with Crippen molar-refractivity contribution in [2.75, 3.05) is 6.54 Å². The molecule has 0 radical (unpaired) electrons. The molecule has 1 amide bonds. The maximum absolute atomic E-state index is 13.5. The molecule has 24 heavy (non-hydrogen) atoms. The van der Waals surface area contributed by atoms with Gasteiger partial charge in [0.15, 0.2) is 0 Å². The second-order valence-electron chi connectivity index (χ2n) is 6.85. The summed E-state index contributed by atoms with van der Waals surface area (Å²) in [5.41, 5.74) is 0.299. The number of rotatable bonds is 8. The fourth-order valence-electron chi connectivity index (χ4n) is 2.16. The van der Waals surface area contributed by atoms with Gasteiger partial charge in [-0.05, 0) is 44.9 Å². The van der Waals surface area contributed by atoms with Gasteiger partial charge in [-0.3, -0.25) is 0 Å². The van der Waals surface area contributed by atoms with Crippen LogP contribution in [-0.2, 0) is 11.3 Å². The van der Waals surface area contributed by atoms with Gasteiger partial charge < -0.3 is 15.4 Å². The minimum Gasteiger partial charge on any atom is -0.444 e. The van der Waals surface area contributed by atoms with E-state index in [0.717, 1.165) is 24.8 Å². The average Bonchev–Trinajstić information content (AvgIpc) is 2.48. The normalized spacial score (nSPS) is 12.8. The van der Waals surface area contributed by atoms with Crippen molar-refractivity contribution in [3.8, 4) is 0 Å². The monoisotopic (exact) mass is 358 g/mol. The van der Waals surface area contributed by atoms with E-state index in [2.05, 4.69) is 17.6 Å². The summed E-state index contributed by atoms with van der Waals surface area (Å²) in [6, 6.07) is 4.86. The smallest absolute Gasteiger partial charge is 0.407 e. The maximum Gasteiger partial charge on any atom is 0.407 e. The Kier molecular flexibility index (Phi) is 8.50. The highest BCUT2D eigenvalue weighted by molar-refractivity contribution is 6.30. The molecule has 1 rings (SSSR count). The van der Waals surface area contributed by atoms with Crippen molar-refractivity contribution in [2.24, 2.45) is 0 Å². The first-order chi connectivity index (χ1) is 11.2. The summed E-state index contributed by atoms with van der Waals surface area (Å²) >= 11 is 5.69. The van der Waals surface area contributed by atoms with Gasteiger partial charge in [0.2, 0.25) is 0 Å². The van der Waals surface area contributed by atoms with Crippen molar-refractivity contribution in [3.63, 3.8) is 0 Å². The zero-order valence-electron chi connectivity index (χ0n) is 14.9. The number of ether oxygens (including phenoxy) is 1. The molecule has 1 aromatic carbocycles. The lowest BCUT2D eigenvalue weighted by Gasteiger charge is -2.23. The Bertz CT molecular complexity index is 532. The third-order valence-electron chi connectivity index (χ3n) is 3.38. The lowest BCUT2D eigenvalue weighted by Crippen LogP contribution is -2.42. The molecule has 0 heterocycles. The second kappa shape index (κ2) is 9.84. The number of carbonyl (C=O) groups is 1. The lowest BCUT2D eigenvalue weighted by atomic mass is 10.1. The van der Waals surface area contributed by atoms with Gasteiger partial charge in [-0.2, -0.15) is 0 Å². The van der Waals surface area contributed by atoms with Crippen LogP contribution in [0.5, 0.6) is 0 Å². The number of halogens is 2. The minimum atomic E-state index is -0.517. The zero-order chi connectivity index (χ0) is 18.2. The van der Waals surface area contributed by atoms with E-state index in [1.807, 2.05) is 20.8 Å². The quantitative estimate of drug-likeness (QED) is 0.711. The van der Waals surface area contributed by atoms with Gasteiger partial charge in [0.25, 0.3) is 0 Å². The predicted octanol–water partition coefficient (Wildman–Crippen LogP) is 4.65. The second-order valence-corrected chi connectivity index (χ2v) is 7.26. The molecule has 136 valence electrons. The Morgan fingerprint density at radius 1 is 1.38 bits per heavy atom. The number of carbonyl (C=O) groups excluding carboxylic acids is 1. The van der Waals surface area contributed by atoms with Gasteiger partial charge in [0.05, 0.1) is 5.02 Å². The van der Waals surface area contributed by atoms with Crippen LogP contribution >= 0.6 is 11.6 Å². The third kappa shape index (κ3) is 8.50. The van der Waals surface area contributed by atoms with Crippen LogP contribution in [0.3, 0.4) is 0 Å². The summed E-state index contributed by atoms with van der Waals surface area (Å²) in [4.78, 5) is 11.8. The number of hydrogen-bond donors (Lipinski definition) is 2. The molecule has 2 N–H and O–H groups in total. The van der Waals surface area contributed by atoms with Gasteiger partial charge in [0, 0.05) is 19.1 Å². The van der Waals surface area contributed by atoms with Gasteiger partial charge in [0.1, 0.15) is 11.4 Å². The molecule has 0 aliphatic carbocycles. The number of hydrogen-bond acceptors (Lipinski definition) is 3. The fourth-order valence-corrected chi connectivity index (χ4v) is 2.28. The lowest BCUT2D eigenvalue weighted by molar-refractivity contribution is 0.0521. The molecule has 0 spiro atoms. The minimum absolute atomic E-state index is 0.0937. The highest BCUT2D eigenvalue weighted by Crippen LogP contribution is 2.15. The molecular formula is C18H28ClFN2O2. The van der Waals surface area contributed by atoms with Crippen LogP contribution in [0.1, 0.15) is 52.5 Å². The first kappa shape index (κ1) is 20.7. The number of nitrogens with one attached hydrogen (secondary N) is 2. The largest absolute Gasteiger partial charge is 0.444 e. The molecule has 0 aliphatic heterocycles. The Morgan fingerprint density at radius 3 is 2.67 bits per heavy atom. The van der Waals surface area contributed by atoms with Gasteiger partial charge in [-0.15, -0.1) is 0 Å². The topological polar surface area (TPSA) is 50.4 Å². The van der Waals surface area contributed by atoms with Gasteiger partial charge >= 0.3 is 6.09 Å². The molecular weight excluding hydrogens is 331 g/mol. The molecule has 1 atom stereocenters. The maximum atomic E-state index is 13.5. The Hall–Kier alpha value is -1.33. The van der Waals surface area contributed by atoms with Gasteiger partial charge in [-0.1, -0.05) is 37.4 Å². The summed E-state index contributed by atoms with van der Waals surface area (Å²) in [6.07, 6.45) is 2.61. The van der Waals surface area contributed by atoms with E-state index in [4.69, 9.17) is 16.3 Å². The van der Waals surface area contributed by atoms with E-state index in [9.17, 15) is 9.18 Å². The van der Waals surface area contributed by atoms with Crippen molar-refractivity contribution in [1.82, 2.24) is 10.6 Å². The molecule has 4 nitrogen and oxygen atoms in total. The molecule has 0 aliphatic rings. The Morgan fingerprint density at radius 2 is 2.08 bits per heavy atom. The van der Waals surface area contributed by atoms with Crippen LogP contribution in [-0.4, -0.2) is 24.3 Å². The van der Waals surface area contributed by atoms with E-state index < -0.39 is 17.5 Å². The van der Waals surface area contributed by atoms with E-state index in [1.54, 1.807) is 12.1 Å². The SMILES string of the molecule is CCCCC(CNC(=O)OC(C)(C)C)NCc1ccc(Cl)c(F)c1. The van der Waals surface area contributed by atoms with Crippen LogP contribution in [0.4, 0.5) is 9.18 Å². The Labute approximate surface area is 149 Å². The standard InChI is InChI=1S/C18H28ClFN2O2/c1-5-6-7-14(12-22-17(23)24-18(2,3)4)21-11-13-8-9-15(19)16(20)10-13/h8-10,14,21H,5-7,11-12H2,1-4H3,(H,22,23). The summed E-state index contributed by atoms with van der Waals surface area (Å²) in [5, 5.41) is 6.26. The molecule has 1 unspecified atom stereocenters. The fraction of sp³-hybridized carbons (Fsp3) is 0.611. The van der Waals surface area contributed by atoms with E-state index in [1.165, 1.54) is 6.07 Å². The third-order valence-corrected chi connectivity index (χ3v) is 3.68. The summed E-state index contributed by atoms with van der Waals surface area (Å²) < 4.78 is 18.7. The van der Waals surface area contributed by atoms with E-state index >= 15 is 0 Å². The molecule has 6 heteroatoms. The molecule has 0 saturated heterocycles. The average molecular weight is 359 g/mol. The molecule has 0 aromatic heterocycles. The van der Waals surface area contributed by atoms with Crippen LogP contribution in [0.15, 0.2) is 18.2 Å². The van der Waals surface area contributed by atoms with Crippen molar-refractivity contribution >= 4 is 17.7 Å². The number of benzene rings is 1. The van der Waals surface area contributed by atoms with Crippen molar-refractivity contribution in [3.05, 3.63) is 34.6 Å². The first-order valence-corrected chi connectivity index (χ1v) is 8.73. The number of alkyl carbamates (subject to hydrolysis) is 1. The van der Waals surface area contributed by atoms with Crippen LogP contribution < -0.4 is 10.6 Å². The molecule has 0 saturated carbocycles. The predicted molar refractivity (Wildman–Crippen MR) is 95.8 cm³/mol. The van der Waals surface area contributed by atoms with Crippen LogP contribution in [0.2, 0.25) is 5.02 Å². The van der Waals surface area contributed by atoms with Gasteiger partial charge in [-0.25, -0.2) is 9.18 Å². The summed E-state index contributed by atoms with van der Waals surface area (Å²) in [5.74, 6) is -0.423. The Balaban J connectivity index is 2.52. The van der Waals surface area contributed by atoms with Crippen molar-refractivity contribution in [1.29, 1.82) is 0 Å².